The Bertz CT molecular complexity index is 399. The lowest BCUT2D eigenvalue weighted by Crippen LogP contribution is -2.16. The zero-order valence-electron chi connectivity index (χ0n) is 8.07. The Kier molecular flexibility index (Phi) is 4.16. The lowest BCUT2D eigenvalue weighted by Gasteiger charge is -2.00. The lowest BCUT2D eigenvalue weighted by molar-refractivity contribution is 0.464. The van der Waals surface area contributed by atoms with E-state index in [4.69, 9.17) is 4.42 Å². The second kappa shape index (κ2) is 5.62. The lowest BCUT2D eigenvalue weighted by atomic mass is 10.3. The summed E-state index contributed by atoms with van der Waals surface area (Å²) >= 11 is 3.81. The van der Waals surface area contributed by atoms with Gasteiger partial charge >= 0.3 is 0 Å². The monoisotopic (exact) mass is 334 g/mol. The molecule has 2 rings (SSSR count). The number of rotatable bonds is 5. The summed E-state index contributed by atoms with van der Waals surface area (Å²) in [7, 11) is 0. The second-order valence-electron chi connectivity index (χ2n) is 3.11. The molecule has 0 radical (unpaired) electrons. The van der Waals surface area contributed by atoms with Crippen LogP contribution in [0, 0.1) is 3.77 Å². The summed E-state index contributed by atoms with van der Waals surface area (Å²) in [6, 6.07) is 3.97. The van der Waals surface area contributed by atoms with Gasteiger partial charge in [0, 0.05) is 18.3 Å². The first-order valence-electron chi connectivity index (χ1n) is 4.66. The van der Waals surface area contributed by atoms with Crippen molar-refractivity contribution >= 4 is 33.9 Å². The Hall–Kier alpha value is -0.400. The summed E-state index contributed by atoms with van der Waals surface area (Å²) in [6.45, 7) is 1.72. The van der Waals surface area contributed by atoms with E-state index in [1.54, 1.807) is 11.3 Å². The molecule has 0 amide bonds. The Morgan fingerprint density at radius 1 is 1.47 bits per heavy atom. The van der Waals surface area contributed by atoms with E-state index >= 15 is 0 Å². The third-order valence-corrected chi connectivity index (χ3v) is 3.18. The van der Waals surface area contributed by atoms with Crippen LogP contribution in [0.4, 0.5) is 0 Å². The van der Waals surface area contributed by atoms with E-state index in [9.17, 15) is 0 Å². The molecule has 80 valence electrons. The van der Waals surface area contributed by atoms with Gasteiger partial charge in [0.2, 0.25) is 0 Å². The molecule has 0 spiro atoms. The van der Waals surface area contributed by atoms with Gasteiger partial charge in [-0.1, -0.05) is 0 Å². The van der Waals surface area contributed by atoms with Gasteiger partial charge in [-0.25, -0.2) is 4.98 Å². The third kappa shape index (κ3) is 3.58. The van der Waals surface area contributed by atoms with Crippen LogP contribution in [0.1, 0.15) is 11.5 Å². The molecule has 0 bridgehead atoms. The molecular formula is C10H11IN2OS. The smallest absolute Gasteiger partial charge is 0.164 e. The standard InChI is InChI=1S/C10H11IN2OS/c11-10-2-1-9(14-10)5-12-4-3-8-6-15-7-13-8/h1-2,6-7,12H,3-5H2. The summed E-state index contributed by atoms with van der Waals surface area (Å²) in [5, 5.41) is 5.40. The first-order chi connectivity index (χ1) is 7.34. The van der Waals surface area contributed by atoms with Gasteiger partial charge < -0.3 is 9.73 Å². The summed E-state index contributed by atoms with van der Waals surface area (Å²) in [5.41, 5.74) is 3.02. The number of hydrogen-bond acceptors (Lipinski definition) is 4. The molecule has 15 heavy (non-hydrogen) atoms. The van der Waals surface area contributed by atoms with Crippen molar-refractivity contribution in [3.63, 3.8) is 0 Å². The molecule has 0 aliphatic heterocycles. The highest BCUT2D eigenvalue weighted by Crippen LogP contribution is 2.09. The third-order valence-electron chi connectivity index (χ3n) is 1.97. The first kappa shape index (κ1) is 11.1. The minimum absolute atomic E-state index is 0.785. The largest absolute Gasteiger partial charge is 0.454 e. The molecule has 0 aromatic carbocycles. The van der Waals surface area contributed by atoms with Crippen molar-refractivity contribution in [1.29, 1.82) is 0 Å². The average molecular weight is 334 g/mol. The maximum Gasteiger partial charge on any atom is 0.164 e. The highest BCUT2D eigenvalue weighted by molar-refractivity contribution is 14.1. The van der Waals surface area contributed by atoms with E-state index in [0.717, 1.165) is 34.7 Å². The van der Waals surface area contributed by atoms with Crippen LogP contribution >= 0.6 is 33.9 Å². The van der Waals surface area contributed by atoms with Crippen LogP contribution < -0.4 is 5.32 Å². The fraction of sp³-hybridized carbons (Fsp3) is 0.300. The van der Waals surface area contributed by atoms with Crippen LogP contribution in [-0.4, -0.2) is 11.5 Å². The van der Waals surface area contributed by atoms with Gasteiger partial charge in [-0.15, -0.1) is 11.3 Å². The van der Waals surface area contributed by atoms with Crippen molar-refractivity contribution < 1.29 is 4.42 Å². The van der Waals surface area contributed by atoms with Crippen molar-refractivity contribution in [1.82, 2.24) is 10.3 Å². The second-order valence-corrected chi connectivity index (χ2v) is 4.89. The molecule has 0 unspecified atom stereocenters. The molecule has 3 nitrogen and oxygen atoms in total. The van der Waals surface area contributed by atoms with Crippen molar-refractivity contribution in [2.75, 3.05) is 6.54 Å². The van der Waals surface area contributed by atoms with Crippen LogP contribution in [0.5, 0.6) is 0 Å². The zero-order chi connectivity index (χ0) is 10.5. The van der Waals surface area contributed by atoms with Gasteiger partial charge in [0.05, 0.1) is 17.7 Å². The number of nitrogens with one attached hydrogen (secondary N) is 1. The Labute approximate surface area is 106 Å². The molecule has 5 heteroatoms. The highest BCUT2D eigenvalue weighted by Gasteiger charge is 1.99. The van der Waals surface area contributed by atoms with E-state index in [2.05, 4.69) is 38.3 Å². The predicted octanol–water partition coefficient (Wildman–Crippen LogP) is 2.67. The van der Waals surface area contributed by atoms with Crippen molar-refractivity contribution in [3.8, 4) is 0 Å². The van der Waals surface area contributed by atoms with Crippen molar-refractivity contribution in [3.05, 3.63) is 38.2 Å². The number of thiazole rings is 1. The maximum atomic E-state index is 5.43. The summed E-state index contributed by atoms with van der Waals surface area (Å²) in [6.07, 6.45) is 0.974. The number of halogens is 1. The fourth-order valence-corrected chi connectivity index (χ4v) is 2.29. The summed E-state index contributed by atoms with van der Waals surface area (Å²) < 4.78 is 6.37. The van der Waals surface area contributed by atoms with Gasteiger partial charge in [0.25, 0.3) is 0 Å². The molecule has 0 aliphatic rings. The van der Waals surface area contributed by atoms with Crippen LogP contribution in [0.15, 0.2) is 27.4 Å². The minimum atomic E-state index is 0.785. The topological polar surface area (TPSA) is 38.1 Å². The van der Waals surface area contributed by atoms with E-state index in [1.807, 2.05) is 17.6 Å². The van der Waals surface area contributed by atoms with Gasteiger partial charge in [-0.2, -0.15) is 0 Å². The van der Waals surface area contributed by atoms with E-state index in [0.29, 0.717) is 0 Å². The summed E-state index contributed by atoms with van der Waals surface area (Å²) in [4.78, 5) is 4.22. The first-order valence-corrected chi connectivity index (χ1v) is 6.69. The molecule has 1 N–H and O–H groups in total. The molecule has 0 saturated heterocycles. The molecule has 2 aromatic rings. The SMILES string of the molecule is Ic1ccc(CNCCc2cscn2)o1. The van der Waals surface area contributed by atoms with E-state index in [1.165, 1.54) is 0 Å². The van der Waals surface area contributed by atoms with Crippen LogP contribution in [0.3, 0.4) is 0 Å². The molecule has 2 aromatic heterocycles. The van der Waals surface area contributed by atoms with Crippen molar-refractivity contribution in [2.45, 2.75) is 13.0 Å². The molecular weight excluding hydrogens is 323 g/mol. The van der Waals surface area contributed by atoms with Gasteiger partial charge in [-0.05, 0) is 34.7 Å². The van der Waals surface area contributed by atoms with Gasteiger partial charge in [0.15, 0.2) is 3.77 Å². The van der Waals surface area contributed by atoms with E-state index < -0.39 is 0 Å². The quantitative estimate of drug-likeness (QED) is 0.675. The van der Waals surface area contributed by atoms with Crippen molar-refractivity contribution in [2.24, 2.45) is 0 Å². The highest BCUT2D eigenvalue weighted by atomic mass is 127. The maximum absolute atomic E-state index is 5.43. The number of nitrogens with zero attached hydrogens (tertiary/aromatic N) is 1. The molecule has 0 aliphatic carbocycles. The van der Waals surface area contributed by atoms with E-state index in [-0.39, 0.29) is 0 Å². The van der Waals surface area contributed by atoms with Gasteiger partial charge in [-0.3, -0.25) is 0 Å². The molecule has 0 fully saturated rings. The zero-order valence-corrected chi connectivity index (χ0v) is 11.0. The Morgan fingerprint density at radius 3 is 3.07 bits per heavy atom. The minimum Gasteiger partial charge on any atom is -0.454 e. The fourth-order valence-electron chi connectivity index (χ4n) is 1.24. The molecule has 0 saturated carbocycles. The Morgan fingerprint density at radius 2 is 2.40 bits per heavy atom. The molecule has 0 atom stereocenters. The van der Waals surface area contributed by atoms with Crippen LogP contribution in [0.25, 0.3) is 0 Å². The average Bonchev–Trinajstić information content (AvgIpc) is 2.84. The van der Waals surface area contributed by atoms with Crippen LogP contribution in [0.2, 0.25) is 0 Å². The van der Waals surface area contributed by atoms with Crippen LogP contribution in [-0.2, 0) is 13.0 Å². The molecule has 2 heterocycles. The number of aromatic nitrogens is 1. The van der Waals surface area contributed by atoms with Gasteiger partial charge in [0.1, 0.15) is 5.76 Å². The summed E-state index contributed by atoms with van der Waals surface area (Å²) in [5.74, 6) is 0.984. The number of furan rings is 1. The normalized spacial score (nSPS) is 10.7. The number of hydrogen-bond donors (Lipinski definition) is 1. The Balaban J connectivity index is 1.67. The predicted molar refractivity (Wildman–Crippen MR) is 68.9 cm³/mol.